The molecule has 4 rings (SSSR count). The van der Waals surface area contributed by atoms with Crippen molar-refractivity contribution in [2.45, 2.75) is 37.6 Å². The largest absolute Gasteiger partial charge is 0.307 e. The topological polar surface area (TPSA) is 57.7 Å². The summed E-state index contributed by atoms with van der Waals surface area (Å²) < 4.78 is 28.5. The molecule has 1 heterocycles. The first-order valence-electron chi connectivity index (χ1n) is 10.5. The molecule has 3 aromatic carbocycles. The van der Waals surface area contributed by atoms with Crippen LogP contribution < -0.4 is 9.21 Å². The predicted molar refractivity (Wildman–Crippen MR) is 124 cm³/mol. The number of nitrogens with zero attached hydrogens (tertiary/aromatic N) is 2. The number of hydrogen-bond acceptors (Lipinski definition) is 3. The molecule has 0 aliphatic carbocycles. The van der Waals surface area contributed by atoms with Crippen LogP contribution in [0, 0.1) is 0 Å². The highest BCUT2D eigenvalue weighted by molar-refractivity contribution is 7.92. The number of carbonyl (C=O) groups is 1. The average molecular weight is 435 g/mol. The fourth-order valence-electron chi connectivity index (χ4n) is 4.22. The molecule has 160 valence electrons. The first-order chi connectivity index (χ1) is 14.9. The third kappa shape index (κ3) is 3.95. The van der Waals surface area contributed by atoms with Crippen molar-refractivity contribution in [3.63, 3.8) is 0 Å². The number of hydrogen-bond donors (Lipinski definition) is 0. The summed E-state index contributed by atoms with van der Waals surface area (Å²) in [5.41, 5.74) is 3.39. The Morgan fingerprint density at radius 3 is 2.35 bits per heavy atom. The molecule has 0 radical (unpaired) electrons. The Morgan fingerprint density at radius 2 is 1.61 bits per heavy atom. The highest BCUT2D eigenvalue weighted by Gasteiger charge is 2.35. The Kier molecular flexibility index (Phi) is 5.83. The van der Waals surface area contributed by atoms with Gasteiger partial charge in [-0.3, -0.25) is 9.10 Å². The van der Waals surface area contributed by atoms with Crippen LogP contribution in [0.25, 0.3) is 0 Å². The molecular weight excluding hydrogens is 408 g/mol. The van der Waals surface area contributed by atoms with Crippen molar-refractivity contribution < 1.29 is 13.2 Å². The number of para-hydroxylation sites is 2. The Bertz CT molecular complexity index is 1190. The zero-order valence-corrected chi connectivity index (χ0v) is 18.5. The van der Waals surface area contributed by atoms with E-state index in [2.05, 4.69) is 0 Å². The SMILES string of the molecule is CCc1ccccc1N(CC(=O)N1c2ccccc2C[C@H]1C)S(=O)(=O)c1ccccc1. The minimum atomic E-state index is -3.92. The second-order valence-electron chi connectivity index (χ2n) is 7.75. The molecule has 0 N–H and O–H groups in total. The van der Waals surface area contributed by atoms with Gasteiger partial charge < -0.3 is 4.90 Å². The smallest absolute Gasteiger partial charge is 0.264 e. The lowest BCUT2D eigenvalue weighted by atomic mass is 10.1. The van der Waals surface area contributed by atoms with Crippen molar-refractivity contribution in [2.75, 3.05) is 15.7 Å². The third-order valence-corrected chi connectivity index (χ3v) is 7.50. The number of carbonyl (C=O) groups excluding carboxylic acids is 1. The molecule has 0 unspecified atom stereocenters. The van der Waals surface area contributed by atoms with Crippen molar-refractivity contribution >= 4 is 27.3 Å². The van der Waals surface area contributed by atoms with Gasteiger partial charge in [-0.15, -0.1) is 0 Å². The van der Waals surface area contributed by atoms with Gasteiger partial charge in [0, 0.05) is 11.7 Å². The van der Waals surface area contributed by atoms with Gasteiger partial charge in [-0.25, -0.2) is 8.42 Å². The number of sulfonamides is 1. The Balaban J connectivity index is 1.76. The maximum atomic E-state index is 13.6. The van der Waals surface area contributed by atoms with Gasteiger partial charge in [0.15, 0.2) is 0 Å². The van der Waals surface area contributed by atoms with Crippen molar-refractivity contribution in [1.82, 2.24) is 0 Å². The molecule has 1 atom stereocenters. The molecule has 0 saturated carbocycles. The second kappa shape index (κ2) is 8.55. The van der Waals surface area contributed by atoms with Crippen molar-refractivity contribution in [2.24, 2.45) is 0 Å². The fourth-order valence-corrected chi connectivity index (χ4v) is 5.69. The summed E-state index contributed by atoms with van der Waals surface area (Å²) in [5, 5.41) is 0. The summed E-state index contributed by atoms with van der Waals surface area (Å²) in [6.45, 7) is 3.72. The minimum Gasteiger partial charge on any atom is -0.307 e. The van der Waals surface area contributed by atoms with Crippen LogP contribution in [-0.4, -0.2) is 26.9 Å². The summed E-state index contributed by atoms with van der Waals surface area (Å²) in [7, 11) is -3.92. The van der Waals surface area contributed by atoms with E-state index in [0.717, 1.165) is 23.2 Å². The summed E-state index contributed by atoms with van der Waals surface area (Å²) in [6, 6.07) is 23.4. The molecule has 1 aliphatic rings. The number of amides is 1. The molecule has 5 nitrogen and oxygen atoms in total. The fraction of sp³-hybridized carbons (Fsp3) is 0.240. The lowest BCUT2D eigenvalue weighted by Gasteiger charge is -2.30. The lowest BCUT2D eigenvalue weighted by molar-refractivity contribution is -0.117. The molecule has 0 bridgehead atoms. The molecule has 0 fully saturated rings. The number of aryl methyl sites for hydroxylation is 1. The van der Waals surface area contributed by atoms with Gasteiger partial charge in [-0.2, -0.15) is 0 Å². The van der Waals surface area contributed by atoms with Gasteiger partial charge in [0.2, 0.25) is 5.91 Å². The first kappa shape index (κ1) is 21.1. The standard InChI is InChI=1S/C25H26N2O3S/c1-3-20-11-7-9-15-23(20)26(31(29,30)22-13-5-4-6-14-22)18-25(28)27-19(2)17-21-12-8-10-16-24(21)27/h4-16,19H,3,17-18H2,1-2H3/t19-/m1/s1. The summed E-state index contributed by atoms with van der Waals surface area (Å²) >= 11 is 0. The molecular formula is C25H26N2O3S. The zero-order chi connectivity index (χ0) is 22.0. The van der Waals surface area contributed by atoms with Crippen molar-refractivity contribution in [1.29, 1.82) is 0 Å². The monoisotopic (exact) mass is 434 g/mol. The number of anilines is 2. The van der Waals surface area contributed by atoms with E-state index in [1.54, 1.807) is 47.4 Å². The quantitative estimate of drug-likeness (QED) is 0.577. The molecule has 1 amide bonds. The van der Waals surface area contributed by atoms with Crippen LogP contribution in [0.4, 0.5) is 11.4 Å². The molecule has 31 heavy (non-hydrogen) atoms. The zero-order valence-electron chi connectivity index (χ0n) is 17.7. The summed E-state index contributed by atoms with van der Waals surface area (Å²) in [5.74, 6) is -0.233. The number of fused-ring (bicyclic) bond motifs is 1. The van der Waals surface area contributed by atoms with Gasteiger partial charge in [-0.1, -0.05) is 61.5 Å². The maximum Gasteiger partial charge on any atom is 0.264 e. The number of benzene rings is 3. The van der Waals surface area contributed by atoms with E-state index < -0.39 is 10.0 Å². The number of rotatable bonds is 6. The van der Waals surface area contributed by atoms with E-state index >= 15 is 0 Å². The van der Waals surface area contributed by atoms with E-state index in [1.807, 2.05) is 50.2 Å². The van der Waals surface area contributed by atoms with Crippen LogP contribution in [-0.2, 0) is 27.7 Å². The lowest BCUT2D eigenvalue weighted by Crippen LogP contribution is -2.45. The molecule has 0 aromatic heterocycles. The van der Waals surface area contributed by atoms with Crippen LogP contribution in [0.15, 0.2) is 83.8 Å². The van der Waals surface area contributed by atoms with E-state index in [1.165, 1.54) is 4.31 Å². The first-order valence-corrected chi connectivity index (χ1v) is 11.9. The summed E-state index contributed by atoms with van der Waals surface area (Å²) in [6.07, 6.45) is 1.42. The van der Waals surface area contributed by atoms with Gasteiger partial charge in [0.05, 0.1) is 10.6 Å². The van der Waals surface area contributed by atoms with Crippen LogP contribution in [0.2, 0.25) is 0 Å². The Morgan fingerprint density at radius 1 is 0.968 bits per heavy atom. The molecule has 3 aromatic rings. The molecule has 0 saturated heterocycles. The Hall–Kier alpha value is -3.12. The van der Waals surface area contributed by atoms with Gasteiger partial charge in [-0.05, 0) is 55.2 Å². The molecule has 1 aliphatic heterocycles. The van der Waals surface area contributed by atoms with Crippen molar-refractivity contribution in [3.05, 3.63) is 90.0 Å². The van der Waals surface area contributed by atoms with Crippen LogP contribution in [0.1, 0.15) is 25.0 Å². The van der Waals surface area contributed by atoms with Crippen molar-refractivity contribution in [3.8, 4) is 0 Å². The maximum absolute atomic E-state index is 13.6. The predicted octanol–water partition coefficient (Wildman–Crippen LogP) is 4.42. The van der Waals surface area contributed by atoms with E-state index in [-0.39, 0.29) is 23.4 Å². The van der Waals surface area contributed by atoms with Gasteiger partial charge >= 0.3 is 0 Å². The van der Waals surface area contributed by atoms with Crippen LogP contribution >= 0.6 is 0 Å². The van der Waals surface area contributed by atoms with E-state index in [9.17, 15) is 13.2 Å². The highest BCUT2D eigenvalue weighted by atomic mass is 32.2. The van der Waals surface area contributed by atoms with Gasteiger partial charge in [0.25, 0.3) is 10.0 Å². The molecule has 6 heteroatoms. The van der Waals surface area contributed by atoms with E-state index in [0.29, 0.717) is 12.1 Å². The normalized spacial score (nSPS) is 15.5. The van der Waals surface area contributed by atoms with Gasteiger partial charge in [0.1, 0.15) is 6.54 Å². The highest BCUT2D eigenvalue weighted by Crippen LogP contribution is 2.33. The Labute approximate surface area is 184 Å². The van der Waals surface area contributed by atoms with E-state index in [4.69, 9.17) is 0 Å². The average Bonchev–Trinajstić information content (AvgIpc) is 3.13. The third-order valence-electron chi connectivity index (χ3n) is 5.73. The second-order valence-corrected chi connectivity index (χ2v) is 9.61. The minimum absolute atomic E-state index is 0.0207. The molecule has 0 spiro atoms. The van der Waals surface area contributed by atoms with Crippen LogP contribution in [0.5, 0.6) is 0 Å². The summed E-state index contributed by atoms with van der Waals surface area (Å²) in [4.78, 5) is 15.4. The van der Waals surface area contributed by atoms with Crippen LogP contribution in [0.3, 0.4) is 0 Å².